The van der Waals surface area contributed by atoms with Gasteiger partial charge in [-0.05, 0) is 24.3 Å². The van der Waals surface area contributed by atoms with Gasteiger partial charge in [0, 0.05) is 6.42 Å². The number of carbonyl (C=O) groups excluding carboxylic acids is 1. The molecule has 0 aliphatic carbocycles. The Hall–Kier alpha value is -1.87. The van der Waals surface area contributed by atoms with E-state index in [0.717, 1.165) is 0 Å². The summed E-state index contributed by atoms with van der Waals surface area (Å²) in [6, 6.07) is 7.73. The molecule has 0 saturated carbocycles. The van der Waals surface area contributed by atoms with Crippen LogP contribution in [0.5, 0.6) is 0 Å². The molecule has 21 heavy (non-hydrogen) atoms. The molecule has 0 aliphatic rings. The molecule has 0 aliphatic heterocycles. The highest BCUT2D eigenvalue weighted by Gasteiger charge is 2.12. The predicted octanol–water partition coefficient (Wildman–Crippen LogP) is 3.53. The van der Waals surface area contributed by atoms with Crippen molar-refractivity contribution in [2.24, 2.45) is 0 Å². The molecule has 0 atom stereocenters. The number of thiophene rings is 1. The van der Waals surface area contributed by atoms with Crippen molar-refractivity contribution in [1.29, 1.82) is 0 Å². The molecule has 0 unspecified atom stereocenters. The molecule has 108 valence electrons. The van der Waals surface area contributed by atoms with Crippen LogP contribution in [-0.2, 0) is 0 Å². The molecule has 0 bridgehead atoms. The number of carbonyl (C=O) groups is 1. The first kappa shape index (κ1) is 15.5. The number of benzene rings is 1. The zero-order chi connectivity index (χ0) is 15.2. The van der Waals surface area contributed by atoms with Crippen LogP contribution in [0.2, 0.25) is 5.02 Å². The van der Waals surface area contributed by atoms with Gasteiger partial charge in [0.1, 0.15) is 0 Å². The number of aliphatic hydroxyl groups excluding tert-OH is 1. The van der Waals surface area contributed by atoms with Crippen molar-refractivity contribution in [3.8, 4) is 11.8 Å². The maximum absolute atomic E-state index is 13.7. The molecule has 1 amide bonds. The monoisotopic (exact) mass is 323 g/mol. The van der Waals surface area contributed by atoms with E-state index < -0.39 is 11.7 Å². The second kappa shape index (κ2) is 7.23. The van der Waals surface area contributed by atoms with Crippen LogP contribution < -0.4 is 5.32 Å². The van der Waals surface area contributed by atoms with Gasteiger partial charge >= 0.3 is 0 Å². The number of anilines is 1. The maximum atomic E-state index is 13.7. The van der Waals surface area contributed by atoms with Gasteiger partial charge in [0.25, 0.3) is 5.91 Å². The van der Waals surface area contributed by atoms with E-state index in [4.69, 9.17) is 16.7 Å². The SMILES string of the molecule is O=C(Nc1cccc(Cl)c1F)c1ccc(C#CCCO)s1. The predicted molar refractivity (Wildman–Crippen MR) is 82.3 cm³/mol. The average Bonchev–Trinajstić information content (AvgIpc) is 2.93. The van der Waals surface area contributed by atoms with Crippen LogP contribution >= 0.6 is 22.9 Å². The summed E-state index contributed by atoms with van der Waals surface area (Å²) in [5.41, 5.74) is 0.0359. The first-order valence-corrected chi connectivity index (χ1v) is 7.26. The van der Waals surface area contributed by atoms with E-state index in [2.05, 4.69) is 17.2 Å². The van der Waals surface area contributed by atoms with Crippen LogP contribution in [0.1, 0.15) is 21.0 Å². The number of rotatable bonds is 3. The topological polar surface area (TPSA) is 49.3 Å². The lowest BCUT2D eigenvalue weighted by molar-refractivity contribution is 0.103. The van der Waals surface area contributed by atoms with E-state index in [9.17, 15) is 9.18 Å². The van der Waals surface area contributed by atoms with E-state index >= 15 is 0 Å². The highest BCUT2D eigenvalue weighted by atomic mass is 35.5. The Labute approximate surface area is 130 Å². The van der Waals surface area contributed by atoms with Crippen LogP contribution in [0.15, 0.2) is 30.3 Å². The number of amides is 1. The zero-order valence-corrected chi connectivity index (χ0v) is 12.4. The molecule has 2 rings (SSSR count). The smallest absolute Gasteiger partial charge is 0.265 e. The van der Waals surface area contributed by atoms with Gasteiger partial charge in [-0.1, -0.05) is 29.5 Å². The third-order valence-corrected chi connectivity index (χ3v) is 3.77. The fraction of sp³-hybridized carbons (Fsp3) is 0.133. The molecule has 0 saturated heterocycles. The molecular weight excluding hydrogens is 313 g/mol. The summed E-state index contributed by atoms with van der Waals surface area (Å²) in [4.78, 5) is 13.1. The Morgan fingerprint density at radius 2 is 2.19 bits per heavy atom. The van der Waals surface area contributed by atoms with Crippen molar-refractivity contribution in [3.63, 3.8) is 0 Å². The Morgan fingerprint density at radius 1 is 1.38 bits per heavy atom. The van der Waals surface area contributed by atoms with E-state index in [0.29, 0.717) is 16.2 Å². The van der Waals surface area contributed by atoms with Gasteiger partial charge in [0.15, 0.2) is 5.82 Å². The summed E-state index contributed by atoms with van der Waals surface area (Å²) in [6.45, 7) is -0.000236. The number of nitrogens with one attached hydrogen (secondary N) is 1. The number of aliphatic hydroxyl groups is 1. The van der Waals surface area contributed by atoms with Crippen molar-refractivity contribution in [3.05, 3.63) is 50.9 Å². The molecule has 6 heteroatoms. The average molecular weight is 324 g/mol. The van der Waals surface area contributed by atoms with E-state index in [1.165, 1.54) is 23.5 Å². The molecule has 1 aromatic heterocycles. The maximum Gasteiger partial charge on any atom is 0.265 e. The normalized spacial score (nSPS) is 9.86. The number of halogens is 2. The summed E-state index contributed by atoms with van der Waals surface area (Å²) >= 11 is 6.85. The van der Waals surface area contributed by atoms with E-state index in [-0.39, 0.29) is 17.3 Å². The number of hydrogen-bond acceptors (Lipinski definition) is 3. The highest BCUT2D eigenvalue weighted by molar-refractivity contribution is 7.14. The molecule has 0 fully saturated rings. The van der Waals surface area contributed by atoms with Gasteiger partial charge in [-0.15, -0.1) is 11.3 Å². The van der Waals surface area contributed by atoms with Gasteiger partial charge in [-0.3, -0.25) is 4.79 Å². The first-order chi connectivity index (χ1) is 10.1. The minimum absolute atomic E-state index is 0.000236. The van der Waals surface area contributed by atoms with Crippen molar-refractivity contribution in [1.82, 2.24) is 0 Å². The van der Waals surface area contributed by atoms with Gasteiger partial charge in [-0.2, -0.15) is 0 Å². The fourth-order valence-electron chi connectivity index (χ4n) is 1.52. The van der Waals surface area contributed by atoms with Gasteiger partial charge in [0.2, 0.25) is 0 Å². The Balaban J connectivity index is 2.11. The van der Waals surface area contributed by atoms with E-state index in [1.54, 1.807) is 18.2 Å². The molecule has 0 radical (unpaired) electrons. The second-order valence-electron chi connectivity index (χ2n) is 3.99. The van der Waals surface area contributed by atoms with Crippen LogP contribution in [-0.4, -0.2) is 17.6 Å². The Bertz CT molecular complexity index is 718. The summed E-state index contributed by atoms with van der Waals surface area (Å²) in [7, 11) is 0. The quantitative estimate of drug-likeness (QED) is 0.849. The molecule has 1 heterocycles. The molecule has 2 aromatic rings. The summed E-state index contributed by atoms with van der Waals surface area (Å²) in [5, 5.41) is 11.1. The molecular formula is C15H11ClFNO2S. The lowest BCUT2D eigenvalue weighted by Gasteiger charge is -2.05. The Morgan fingerprint density at radius 3 is 2.95 bits per heavy atom. The minimum Gasteiger partial charge on any atom is -0.395 e. The lowest BCUT2D eigenvalue weighted by Crippen LogP contribution is -2.11. The molecule has 1 aromatic carbocycles. The van der Waals surface area contributed by atoms with Gasteiger partial charge in [-0.25, -0.2) is 4.39 Å². The minimum atomic E-state index is -0.660. The standard InChI is InChI=1S/C15H11ClFNO2S/c16-11-5-3-6-12(14(11)17)18-15(20)13-8-7-10(21-13)4-1-2-9-19/h3,5-8,19H,2,9H2,(H,18,20). The summed E-state index contributed by atoms with van der Waals surface area (Å²) < 4.78 is 13.7. The summed E-state index contributed by atoms with van der Waals surface area (Å²) in [6.07, 6.45) is 0.382. The van der Waals surface area contributed by atoms with Crippen LogP contribution in [0.25, 0.3) is 0 Å². The summed E-state index contributed by atoms with van der Waals surface area (Å²) in [5.74, 6) is 4.53. The molecule has 3 nitrogen and oxygen atoms in total. The molecule has 0 spiro atoms. The van der Waals surface area contributed by atoms with Gasteiger partial charge in [0.05, 0.1) is 27.1 Å². The van der Waals surface area contributed by atoms with Crippen molar-refractivity contribution in [2.75, 3.05) is 11.9 Å². The lowest BCUT2D eigenvalue weighted by atomic mass is 10.3. The van der Waals surface area contributed by atoms with Crippen molar-refractivity contribution in [2.45, 2.75) is 6.42 Å². The molecule has 2 N–H and O–H groups in total. The number of hydrogen-bond donors (Lipinski definition) is 2. The van der Waals surface area contributed by atoms with Crippen LogP contribution in [0.3, 0.4) is 0 Å². The second-order valence-corrected chi connectivity index (χ2v) is 5.49. The van der Waals surface area contributed by atoms with E-state index in [1.807, 2.05) is 0 Å². The van der Waals surface area contributed by atoms with Gasteiger partial charge < -0.3 is 10.4 Å². The van der Waals surface area contributed by atoms with Crippen molar-refractivity contribution >= 4 is 34.5 Å². The first-order valence-electron chi connectivity index (χ1n) is 6.06. The van der Waals surface area contributed by atoms with Crippen molar-refractivity contribution < 1.29 is 14.3 Å². The third-order valence-electron chi connectivity index (χ3n) is 2.48. The van der Waals surface area contributed by atoms with Crippen LogP contribution in [0.4, 0.5) is 10.1 Å². The van der Waals surface area contributed by atoms with Crippen LogP contribution in [0, 0.1) is 17.7 Å². The Kier molecular flexibility index (Phi) is 5.34. The highest BCUT2D eigenvalue weighted by Crippen LogP contribution is 2.23. The largest absolute Gasteiger partial charge is 0.395 e. The third kappa shape index (κ3) is 4.05. The zero-order valence-electron chi connectivity index (χ0n) is 10.8. The fourth-order valence-corrected chi connectivity index (χ4v) is 2.47.